The summed E-state index contributed by atoms with van der Waals surface area (Å²) in [5.41, 5.74) is 0.674. The van der Waals surface area contributed by atoms with Crippen LogP contribution >= 0.6 is 0 Å². The van der Waals surface area contributed by atoms with E-state index in [9.17, 15) is 0 Å². The molecule has 23 heavy (non-hydrogen) atoms. The molecular weight excluding hydrogens is 286 g/mol. The molecule has 1 aliphatic carbocycles. The van der Waals surface area contributed by atoms with E-state index >= 15 is 0 Å². The van der Waals surface area contributed by atoms with Gasteiger partial charge in [0.2, 0.25) is 0 Å². The molecule has 0 bridgehead atoms. The van der Waals surface area contributed by atoms with Crippen molar-refractivity contribution in [2.24, 2.45) is 16.7 Å². The molecule has 0 spiro atoms. The van der Waals surface area contributed by atoms with Gasteiger partial charge in [0.25, 0.3) is 0 Å². The van der Waals surface area contributed by atoms with Gasteiger partial charge in [0.05, 0.1) is 13.2 Å². The summed E-state index contributed by atoms with van der Waals surface area (Å²) in [5, 5.41) is 0. The molecule has 0 fully saturated rings. The molecule has 0 amide bonds. The first-order valence-electron chi connectivity index (χ1n) is 8.84. The summed E-state index contributed by atoms with van der Waals surface area (Å²) in [7, 11) is 4.10. The fourth-order valence-electron chi connectivity index (χ4n) is 3.35. The van der Waals surface area contributed by atoms with Crippen LogP contribution < -0.4 is 0 Å². The number of ether oxygens (including phenoxy) is 2. The monoisotopic (exact) mass is 323 g/mol. The lowest BCUT2D eigenvalue weighted by atomic mass is 9.67. The maximum atomic E-state index is 5.79. The molecule has 3 nitrogen and oxygen atoms in total. The Morgan fingerprint density at radius 2 is 1.78 bits per heavy atom. The van der Waals surface area contributed by atoms with Crippen LogP contribution in [0.15, 0.2) is 24.0 Å². The summed E-state index contributed by atoms with van der Waals surface area (Å²) in [5.74, 6) is 1.58. The van der Waals surface area contributed by atoms with E-state index in [1.807, 2.05) is 0 Å². The number of hydrogen-bond donors (Lipinski definition) is 0. The van der Waals surface area contributed by atoms with Crippen LogP contribution in [0.5, 0.6) is 0 Å². The Morgan fingerprint density at radius 3 is 2.30 bits per heavy atom. The van der Waals surface area contributed by atoms with Crippen LogP contribution in [0.25, 0.3) is 0 Å². The van der Waals surface area contributed by atoms with E-state index in [0.717, 1.165) is 25.3 Å². The van der Waals surface area contributed by atoms with Crippen LogP contribution in [0.2, 0.25) is 0 Å². The van der Waals surface area contributed by atoms with Crippen LogP contribution in [0.3, 0.4) is 0 Å². The summed E-state index contributed by atoms with van der Waals surface area (Å²) in [4.78, 5) is 2.12. The van der Waals surface area contributed by atoms with Crippen LogP contribution in [0, 0.1) is 16.7 Å². The molecule has 1 rings (SSSR count). The maximum Gasteiger partial charge on any atom is 0.115 e. The molecule has 1 aliphatic rings. The van der Waals surface area contributed by atoms with Crippen molar-refractivity contribution >= 4 is 0 Å². The van der Waals surface area contributed by atoms with E-state index in [2.05, 4.69) is 71.8 Å². The van der Waals surface area contributed by atoms with Gasteiger partial charge in [0.1, 0.15) is 12.4 Å². The first-order valence-corrected chi connectivity index (χ1v) is 8.84. The van der Waals surface area contributed by atoms with Crippen molar-refractivity contribution in [3.05, 3.63) is 24.0 Å². The minimum absolute atomic E-state index is 0.312. The smallest absolute Gasteiger partial charge is 0.115 e. The summed E-state index contributed by atoms with van der Waals surface area (Å²) in [6, 6.07) is 0. The maximum absolute atomic E-state index is 5.79. The minimum atomic E-state index is 0.312. The lowest BCUT2D eigenvalue weighted by Crippen LogP contribution is -2.28. The van der Waals surface area contributed by atoms with E-state index in [4.69, 9.17) is 9.47 Å². The topological polar surface area (TPSA) is 21.7 Å². The van der Waals surface area contributed by atoms with Gasteiger partial charge in [-0.1, -0.05) is 40.7 Å². The van der Waals surface area contributed by atoms with Crippen LogP contribution in [0.4, 0.5) is 0 Å². The largest absolute Gasteiger partial charge is 0.492 e. The third-order valence-corrected chi connectivity index (χ3v) is 4.23. The Hall–Kier alpha value is -0.800. The third kappa shape index (κ3) is 8.57. The highest BCUT2D eigenvalue weighted by atomic mass is 16.5. The third-order valence-electron chi connectivity index (χ3n) is 4.23. The molecule has 0 aromatic heterocycles. The van der Waals surface area contributed by atoms with Crippen molar-refractivity contribution in [3.63, 3.8) is 0 Å². The molecule has 0 saturated heterocycles. The molecular formula is C20H37NO2. The lowest BCUT2D eigenvalue weighted by Gasteiger charge is -2.38. The number of allylic oxidation sites excluding steroid dienone is 3. The molecule has 0 aromatic carbocycles. The molecule has 134 valence electrons. The van der Waals surface area contributed by atoms with Crippen LogP contribution in [-0.2, 0) is 9.47 Å². The summed E-state index contributed by atoms with van der Waals surface area (Å²) in [6.07, 6.45) is 8.98. The van der Waals surface area contributed by atoms with Gasteiger partial charge in [-0.25, -0.2) is 0 Å². The van der Waals surface area contributed by atoms with Gasteiger partial charge in [-0.2, -0.15) is 0 Å². The molecule has 0 saturated carbocycles. The Balaban J connectivity index is 2.29. The Morgan fingerprint density at radius 1 is 1.09 bits per heavy atom. The highest BCUT2D eigenvalue weighted by Crippen LogP contribution is 2.42. The minimum Gasteiger partial charge on any atom is -0.492 e. The van der Waals surface area contributed by atoms with Gasteiger partial charge in [0.15, 0.2) is 0 Å². The predicted molar refractivity (Wildman–Crippen MR) is 98.5 cm³/mol. The first kappa shape index (κ1) is 20.2. The van der Waals surface area contributed by atoms with E-state index < -0.39 is 0 Å². The summed E-state index contributed by atoms with van der Waals surface area (Å²) in [6.45, 7) is 14.7. The Kier molecular flexibility index (Phi) is 7.82. The molecule has 1 unspecified atom stereocenters. The zero-order valence-corrected chi connectivity index (χ0v) is 16.3. The zero-order chi connectivity index (χ0) is 17.5. The fraction of sp³-hybridized carbons (Fsp3) is 0.800. The normalized spacial score (nSPS) is 19.1. The second-order valence-electron chi connectivity index (χ2n) is 8.80. The number of rotatable bonds is 9. The van der Waals surface area contributed by atoms with E-state index in [1.165, 1.54) is 6.42 Å². The van der Waals surface area contributed by atoms with Crippen molar-refractivity contribution in [1.29, 1.82) is 0 Å². The Bertz CT molecular complexity index is 402. The van der Waals surface area contributed by atoms with Gasteiger partial charge in [-0.05, 0) is 55.8 Å². The standard InChI is InChI=1S/C20H37NO2/c1-19(2,3)16-20(4,5)17-8-10-18(11-9-17)23-15-14-22-13-12-21(6)7/h8,10-11,17H,9,12-16H2,1-7H3. The second-order valence-corrected chi connectivity index (χ2v) is 8.80. The second kappa shape index (κ2) is 8.89. The molecule has 0 heterocycles. The predicted octanol–water partition coefficient (Wildman–Crippen LogP) is 4.50. The number of hydrogen-bond acceptors (Lipinski definition) is 3. The molecule has 0 N–H and O–H groups in total. The first-order chi connectivity index (χ1) is 10.6. The SMILES string of the molecule is CN(C)CCOCCOC1=CCC(C(C)(C)CC(C)(C)C)C=C1. The van der Waals surface area contributed by atoms with Crippen molar-refractivity contribution < 1.29 is 9.47 Å². The van der Waals surface area contributed by atoms with Gasteiger partial charge in [-0.3, -0.25) is 0 Å². The molecule has 0 aromatic rings. The average Bonchev–Trinajstić information content (AvgIpc) is 2.40. The van der Waals surface area contributed by atoms with Crippen LogP contribution in [0.1, 0.15) is 47.5 Å². The summed E-state index contributed by atoms with van der Waals surface area (Å²) < 4.78 is 11.3. The van der Waals surface area contributed by atoms with Crippen molar-refractivity contribution in [2.45, 2.75) is 47.5 Å². The van der Waals surface area contributed by atoms with Crippen molar-refractivity contribution in [3.8, 4) is 0 Å². The zero-order valence-electron chi connectivity index (χ0n) is 16.3. The quantitative estimate of drug-likeness (QED) is 0.583. The van der Waals surface area contributed by atoms with Gasteiger partial charge < -0.3 is 14.4 Å². The van der Waals surface area contributed by atoms with Gasteiger partial charge in [0, 0.05) is 6.54 Å². The number of nitrogens with zero attached hydrogens (tertiary/aromatic N) is 1. The Labute approximate surface area is 143 Å². The summed E-state index contributed by atoms with van der Waals surface area (Å²) >= 11 is 0. The molecule has 3 heteroatoms. The van der Waals surface area contributed by atoms with Gasteiger partial charge >= 0.3 is 0 Å². The van der Waals surface area contributed by atoms with E-state index in [0.29, 0.717) is 30.0 Å². The molecule has 1 atom stereocenters. The highest BCUT2D eigenvalue weighted by molar-refractivity contribution is 5.20. The highest BCUT2D eigenvalue weighted by Gasteiger charge is 2.32. The van der Waals surface area contributed by atoms with E-state index in [-0.39, 0.29) is 0 Å². The lowest BCUT2D eigenvalue weighted by molar-refractivity contribution is 0.0694. The average molecular weight is 324 g/mol. The number of likely N-dealkylation sites (N-methyl/N-ethyl adjacent to an activating group) is 1. The fourth-order valence-corrected chi connectivity index (χ4v) is 3.35. The molecule has 0 aliphatic heterocycles. The van der Waals surface area contributed by atoms with Crippen molar-refractivity contribution in [2.75, 3.05) is 40.5 Å². The van der Waals surface area contributed by atoms with Crippen molar-refractivity contribution in [1.82, 2.24) is 4.90 Å². The van der Waals surface area contributed by atoms with E-state index in [1.54, 1.807) is 0 Å². The molecule has 0 radical (unpaired) electrons. The van der Waals surface area contributed by atoms with Crippen LogP contribution in [-0.4, -0.2) is 45.4 Å². The van der Waals surface area contributed by atoms with Gasteiger partial charge in [-0.15, -0.1) is 0 Å².